The maximum Gasteiger partial charge on any atom is 0.171 e. The number of carbonyl (C=O) groups excluding carboxylic acids is 1. The summed E-state index contributed by atoms with van der Waals surface area (Å²) in [6.45, 7) is 1.08. The summed E-state index contributed by atoms with van der Waals surface area (Å²) in [7, 11) is 0. The number of Topliss-reactive ketones (excluding diaryl/α,β-unsaturated/α-hetero) is 1. The van der Waals surface area contributed by atoms with E-state index in [9.17, 15) is 9.18 Å². The minimum absolute atomic E-state index is 0.111. The highest BCUT2D eigenvalue weighted by Crippen LogP contribution is 2.22. The Morgan fingerprint density at radius 2 is 2.31 bits per heavy atom. The molecule has 1 aromatic rings. The lowest BCUT2D eigenvalue weighted by molar-refractivity contribution is 0.0459. The first kappa shape index (κ1) is 11.6. The number of halogens is 2. The van der Waals surface area contributed by atoms with Gasteiger partial charge in [0.25, 0.3) is 0 Å². The van der Waals surface area contributed by atoms with E-state index in [0.717, 1.165) is 12.8 Å². The molecule has 16 heavy (non-hydrogen) atoms. The summed E-state index contributed by atoms with van der Waals surface area (Å²) in [6, 6.07) is 4.13. The summed E-state index contributed by atoms with van der Waals surface area (Å²) in [5, 5.41) is 0.300. The van der Waals surface area contributed by atoms with Gasteiger partial charge in [0, 0.05) is 17.5 Å². The molecule has 1 aliphatic rings. The molecule has 0 aromatic heterocycles. The third-order valence-corrected chi connectivity index (χ3v) is 2.96. The molecule has 4 heteroatoms. The van der Waals surface area contributed by atoms with Crippen LogP contribution in [0.15, 0.2) is 18.2 Å². The molecule has 1 aromatic carbocycles. The van der Waals surface area contributed by atoms with E-state index in [2.05, 4.69) is 0 Å². The molecule has 1 atom stereocenters. The van der Waals surface area contributed by atoms with Crippen LogP contribution in [-0.2, 0) is 4.74 Å². The SMILES string of the molecule is O=C(c1ccc(Cl)cc1F)C1CCCOC1. The van der Waals surface area contributed by atoms with Crippen molar-refractivity contribution in [2.75, 3.05) is 13.2 Å². The molecule has 0 spiro atoms. The fourth-order valence-corrected chi connectivity index (χ4v) is 2.02. The first-order chi connectivity index (χ1) is 7.68. The summed E-state index contributed by atoms with van der Waals surface area (Å²) in [6.07, 6.45) is 1.62. The second-order valence-electron chi connectivity index (χ2n) is 3.90. The first-order valence-electron chi connectivity index (χ1n) is 5.25. The maximum absolute atomic E-state index is 13.5. The zero-order valence-electron chi connectivity index (χ0n) is 8.71. The van der Waals surface area contributed by atoms with Gasteiger partial charge in [-0.2, -0.15) is 0 Å². The molecule has 1 saturated heterocycles. The minimum atomic E-state index is -0.553. The van der Waals surface area contributed by atoms with Crippen LogP contribution in [0.3, 0.4) is 0 Å². The van der Waals surface area contributed by atoms with Crippen molar-refractivity contribution in [1.29, 1.82) is 0 Å². The van der Waals surface area contributed by atoms with Gasteiger partial charge in [-0.15, -0.1) is 0 Å². The summed E-state index contributed by atoms with van der Waals surface area (Å²) in [5.74, 6) is -0.957. The van der Waals surface area contributed by atoms with E-state index in [1.54, 1.807) is 0 Å². The van der Waals surface area contributed by atoms with Crippen molar-refractivity contribution in [2.24, 2.45) is 5.92 Å². The lowest BCUT2D eigenvalue weighted by atomic mass is 9.92. The molecule has 0 N–H and O–H groups in total. The fraction of sp³-hybridized carbons (Fsp3) is 0.417. The van der Waals surface area contributed by atoms with Crippen LogP contribution in [0.2, 0.25) is 5.02 Å². The highest BCUT2D eigenvalue weighted by molar-refractivity contribution is 6.30. The minimum Gasteiger partial charge on any atom is -0.381 e. The molecule has 0 amide bonds. The average molecular weight is 243 g/mol. The normalized spacial score (nSPS) is 20.8. The summed E-state index contributed by atoms with van der Waals surface area (Å²) >= 11 is 5.63. The third-order valence-electron chi connectivity index (χ3n) is 2.73. The van der Waals surface area contributed by atoms with E-state index >= 15 is 0 Å². The highest BCUT2D eigenvalue weighted by atomic mass is 35.5. The predicted molar refractivity (Wildman–Crippen MR) is 59.3 cm³/mol. The largest absolute Gasteiger partial charge is 0.381 e. The number of hydrogen-bond donors (Lipinski definition) is 0. The van der Waals surface area contributed by atoms with Gasteiger partial charge in [0.1, 0.15) is 5.82 Å². The fourth-order valence-electron chi connectivity index (χ4n) is 1.86. The second kappa shape index (κ2) is 4.93. The van der Waals surface area contributed by atoms with Crippen molar-refractivity contribution < 1.29 is 13.9 Å². The Balaban J connectivity index is 2.19. The van der Waals surface area contributed by atoms with Crippen molar-refractivity contribution in [1.82, 2.24) is 0 Å². The van der Waals surface area contributed by atoms with Crippen molar-refractivity contribution in [3.63, 3.8) is 0 Å². The van der Waals surface area contributed by atoms with Gasteiger partial charge in [-0.3, -0.25) is 4.79 Å². The average Bonchev–Trinajstić information content (AvgIpc) is 2.29. The Bertz CT molecular complexity index is 400. The van der Waals surface area contributed by atoms with Crippen LogP contribution in [0.4, 0.5) is 4.39 Å². The zero-order chi connectivity index (χ0) is 11.5. The number of ether oxygens (including phenoxy) is 1. The Kier molecular flexibility index (Phi) is 3.56. The van der Waals surface area contributed by atoms with Gasteiger partial charge in [-0.1, -0.05) is 11.6 Å². The van der Waals surface area contributed by atoms with Gasteiger partial charge in [0.05, 0.1) is 12.2 Å². The third kappa shape index (κ3) is 2.42. The lowest BCUT2D eigenvalue weighted by Crippen LogP contribution is -2.25. The Labute approximate surface area is 98.4 Å². The van der Waals surface area contributed by atoms with Crippen LogP contribution in [0.5, 0.6) is 0 Å². The van der Waals surface area contributed by atoms with Gasteiger partial charge in [0.15, 0.2) is 5.78 Å². The Hall–Kier alpha value is -0.930. The summed E-state index contributed by atoms with van der Waals surface area (Å²) in [4.78, 5) is 12.0. The van der Waals surface area contributed by atoms with Gasteiger partial charge in [-0.05, 0) is 31.0 Å². The van der Waals surface area contributed by atoms with Crippen LogP contribution in [-0.4, -0.2) is 19.0 Å². The molecule has 2 rings (SSSR count). The molecule has 0 radical (unpaired) electrons. The lowest BCUT2D eigenvalue weighted by Gasteiger charge is -2.20. The van der Waals surface area contributed by atoms with Gasteiger partial charge >= 0.3 is 0 Å². The molecular formula is C12H12ClFO2. The highest BCUT2D eigenvalue weighted by Gasteiger charge is 2.25. The summed E-state index contributed by atoms with van der Waals surface area (Å²) < 4.78 is 18.7. The number of benzene rings is 1. The zero-order valence-corrected chi connectivity index (χ0v) is 9.47. The van der Waals surface area contributed by atoms with E-state index in [0.29, 0.717) is 18.2 Å². The van der Waals surface area contributed by atoms with Gasteiger partial charge < -0.3 is 4.74 Å². The molecule has 1 heterocycles. The molecule has 0 bridgehead atoms. The molecular weight excluding hydrogens is 231 g/mol. The van der Waals surface area contributed by atoms with Gasteiger partial charge in [0.2, 0.25) is 0 Å². The molecule has 1 unspecified atom stereocenters. The standard InChI is InChI=1S/C12H12ClFO2/c13-9-3-4-10(11(14)6-9)12(15)8-2-1-5-16-7-8/h3-4,6,8H,1-2,5,7H2. The van der Waals surface area contributed by atoms with Crippen molar-refractivity contribution in [2.45, 2.75) is 12.8 Å². The van der Waals surface area contributed by atoms with Crippen molar-refractivity contribution >= 4 is 17.4 Å². The van der Waals surface area contributed by atoms with Crippen LogP contribution < -0.4 is 0 Å². The van der Waals surface area contributed by atoms with E-state index in [-0.39, 0.29) is 17.3 Å². The molecule has 0 saturated carbocycles. The van der Waals surface area contributed by atoms with E-state index in [4.69, 9.17) is 16.3 Å². The Morgan fingerprint density at radius 1 is 1.50 bits per heavy atom. The quantitative estimate of drug-likeness (QED) is 0.745. The Morgan fingerprint density at radius 3 is 2.94 bits per heavy atom. The molecule has 0 aliphatic carbocycles. The number of carbonyl (C=O) groups is 1. The number of hydrogen-bond acceptors (Lipinski definition) is 2. The molecule has 1 fully saturated rings. The number of rotatable bonds is 2. The van der Waals surface area contributed by atoms with Crippen LogP contribution >= 0.6 is 11.6 Å². The topological polar surface area (TPSA) is 26.3 Å². The van der Waals surface area contributed by atoms with E-state index in [1.165, 1.54) is 18.2 Å². The number of ketones is 1. The predicted octanol–water partition coefficient (Wildman–Crippen LogP) is 3.09. The van der Waals surface area contributed by atoms with Crippen molar-refractivity contribution in [3.8, 4) is 0 Å². The van der Waals surface area contributed by atoms with E-state index in [1.807, 2.05) is 0 Å². The molecule has 2 nitrogen and oxygen atoms in total. The van der Waals surface area contributed by atoms with Crippen LogP contribution in [0, 0.1) is 11.7 Å². The van der Waals surface area contributed by atoms with E-state index < -0.39 is 5.82 Å². The molecule has 1 aliphatic heterocycles. The summed E-state index contributed by atoms with van der Waals surface area (Å²) in [5.41, 5.74) is 0.111. The molecule has 86 valence electrons. The monoisotopic (exact) mass is 242 g/mol. The first-order valence-corrected chi connectivity index (χ1v) is 5.63. The second-order valence-corrected chi connectivity index (χ2v) is 4.34. The smallest absolute Gasteiger partial charge is 0.171 e. The van der Waals surface area contributed by atoms with Gasteiger partial charge in [-0.25, -0.2) is 4.39 Å². The van der Waals surface area contributed by atoms with Crippen LogP contribution in [0.1, 0.15) is 23.2 Å². The maximum atomic E-state index is 13.5. The van der Waals surface area contributed by atoms with Crippen molar-refractivity contribution in [3.05, 3.63) is 34.6 Å². The van der Waals surface area contributed by atoms with Crippen LogP contribution in [0.25, 0.3) is 0 Å².